The zero-order chi connectivity index (χ0) is 11.1. The Bertz CT molecular complexity index is 285. The molecular weight excluding hydrogens is 426 g/mol. The van der Waals surface area contributed by atoms with E-state index in [1.807, 2.05) is 6.07 Å². The Labute approximate surface area is 133 Å². The van der Waals surface area contributed by atoms with Gasteiger partial charge in [0.25, 0.3) is 0 Å². The molecule has 1 aromatic rings. The molecule has 0 bridgehead atoms. The summed E-state index contributed by atoms with van der Waals surface area (Å²) in [5.41, 5.74) is 15.3. The molecule has 0 aliphatic carbocycles. The van der Waals surface area contributed by atoms with Crippen LogP contribution in [0.5, 0.6) is 0 Å². The number of aryl methyl sites for hydroxylation is 1. The Morgan fingerprint density at radius 2 is 1.56 bits per heavy atom. The summed E-state index contributed by atoms with van der Waals surface area (Å²) in [6, 6.07) is 4.01. The minimum Gasteiger partial charge on any atom is -0.399 e. The number of hydrogen-bond acceptors (Lipinski definition) is 2. The van der Waals surface area contributed by atoms with E-state index in [2.05, 4.69) is 33.4 Å². The van der Waals surface area contributed by atoms with Crippen LogP contribution >= 0.6 is 48.0 Å². The van der Waals surface area contributed by atoms with Crippen LogP contribution < -0.4 is 11.5 Å². The van der Waals surface area contributed by atoms with E-state index in [4.69, 9.17) is 11.5 Å². The zero-order valence-electron chi connectivity index (χ0n) is 10.1. The first-order valence-corrected chi connectivity index (χ1v) is 4.67. The quantitative estimate of drug-likeness (QED) is 0.393. The Hall–Kier alpha value is 0.180. The molecule has 0 atom stereocenters. The van der Waals surface area contributed by atoms with Gasteiger partial charge in [0.15, 0.2) is 0 Å². The van der Waals surface area contributed by atoms with E-state index in [-0.39, 0.29) is 48.0 Å². The van der Waals surface area contributed by atoms with Crippen molar-refractivity contribution in [3.63, 3.8) is 0 Å². The summed E-state index contributed by atoms with van der Waals surface area (Å²) >= 11 is 0. The minimum atomic E-state index is 0. The van der Waals surface area contributed by atoms with E-state index >= 15 is 0 Å². The average Bonchev–Trinajstić information content (AvgIpc) is 2.21. The molecule has 4 N–H and O–H groups in total. The second-order valence-corrected chi connectivity index (χ2v) is 3.25. The van der Waals surface area contributed by atoms with E-state index in [1.54, 1.807) is 6.08 Å². The fourth-order valence-corrected chi connectivity index (χ4v) is 0.977. The van der Waals surface area contributed by atoms with Gasteiger partial charge in [-0.2, -0.15) is 0 Å². The normalized spacial score (nSPS) is 7.75. The van der Waals surface area contributed by atoms with Crippen LogP contribution in [0.4, 0.5) is 5.69 Å². The topological polar surface area (TPSA) is 52.0 Å². The first kappa shape index (κ1) is 21.5. The van der Waals surface area contributed by atoms with Gasteiger partial charge in [-0.3, -0.25) is 0 Å². The number of halogens is 2. The maximum atomic E-state index is 5.69. The summed E-state index contributed by atoms with van der Waals surface area (Å²) in [4.78, 5) is 0. The average molecular weight is 448 g/mol. The SMILES string of the molecule is C=CCN.Cc1ccc(N)c(C)c1C.I.I. The lowest BCUT2D eigenvalue weighted by Gasteiger charge is -2.05. The molecule has 1 rings (SSSR count). The summed E-state index contributed by atoms with van der Waals surface area (Å²) in [5, 5.41) is 0. The molecule has 0 aliphatic heterocycles. The lowest BCUT2D eigenvalue weighted by atomic mass is 10.0. The van der Waals surface area contributed by atoms with Crippen LogP contribution in [0.25, 0.3) is 0 Å². The summed E-state index contributed by atoms with van der Waals surface area (Å²) in [7, 11) is 0. The predicted octanol–water partition coefficient (Wildman–Crippen LogP) is 3.56. The van der Waals surface area contributed by atoms with Crippen LogP contribution in [0.2, 0.25) is 0 Å². The van der Waals surface area contributed by atoms with Gasteiger partial charge in [-0.25, -0.2) is 0 Å². The van der Waals surface area contributed by atoms with Crippen molar-refractivity contribution in [1.82, 2.24) is 0 Å². The van der Waals surface area contributed by atoms with Gasteiger partial charge in [-0.1, -0.05) is 12.1 Å². The van der Waals surface area contributed by atoms with Crippen LogP contribution in [0.3, 0.4) is 0 Å². The van der Waals surface area contributed by atoms with Crippen LogP contribution in [0.15, 0.2) is 24.8 Å². The number of nitrogen functional groups attached to an aromatic ring is 1. The molecule has 0 spiro atoms. The van der Waals surface area contributed by atoms with E-state index in [0.717, 1.165) is 5.69 Å². The first-order valence-electron chi connectivity index (χ1n) is 4.67. The summed E-state index contributed by atoms with van der Waals surface area (Å²) < 4.78 is 0. The van der Waals surface area contributed by atoms with Crippen molar-refractivity contribution >= 4 is 53.6 Å². The summed E-state index contributed by atoms with van der Waals surface area (Å²) in [5.74, 6) is 0. The molecule has 0 aromatic heterocycles. The van der Waals surface area contributed by atoms with Gasteiger partial charge >= 0.3 is 0 Å². The van der Waals surface area contributed by atoms with Gasteiger partial charge in [0, 0.05) is 12.2 Å². The molecular formula is C12H22I2N2. The standard InChI is InChI=1S/C9H13N.C3H7N.2HI/c1-6-4-5-9(10)8(3)7(6)2;1-2-3-4;;/h4-5H,10H2,1-3H3;2H,1,3-4H2;2*1H. The van der Waals surface area contributed by atoms with Crippen LogP contribution in [0.1, 0.15) is 16.7 Å². The van der Waals surface area contributed by atoms with E-state index in [9.17, 15) is 0 Å². The number of hydrogen-bond donors (Lipinski definition) is 2. The third-order valence-corrected chi connectivity index (χ3v) is 2.27. The van der Waals surface area contributed by atoms with Crippen molar-refractivity contribution in [3.05, 3.63) is 41.5 Å². The monoisotopic (exact) mass is 448 g/mol. The summed E-state index contributed by atoms with van der Waals surface area (Å²) in [6.07, 6.45) is 1.65. The van der Waals surface area contributed by atoms with E-state index < -0.39 is 0 Å². The Balaban J connectivity index is -0.000000249. The number of rotatable bonds is 1. The molecule has 2 nitrogen and oxygen atoms in total. The first-order chi connectivity index (χ1) is 6.54. The van der Waals surface area contributed by atoms with Crippen LogP contribution in [-0.4, -0.2) is 6.54 Å². The van der Waals surface area contributed by atoms with E-state index in [0.29, 0.717) is 6.54 Å². The maximum absolute atomic E-state index is 5.69. The molecule has 1 aromatic carbocycles. The van der Waals surface area contributed by atoms with Crippen LogP contribution in [0, 0.1) is 20.8 Å². The van der Waals surface area contributed by atoms with Crippen molar-refractivity contribution in [2.24, 2.45) is 5.73 Å². The van der Waals surface area contributed by atoms with Crippen LogP contribution in [-0.2, 0) is 0 Å². The fourth-order valence-electron chi connectivity index (χ4n) is 0.977. The molecule has 0 amide bonds. The number of anilines is 1. The maximum Gasteiger partial charge on any atom is 0.0346 e. The highest BCUT2D eigenvalue weighted by atomic mass is 127. The number of nitrogens with two attached hydrogens (primary N) is 2. The van der Waals surface area contributed by atoms with Gasteiger partial charge in [-0.05, 0) is 43.5 Å². The highest BCUT2D eigenvalue weighted by Crippen LogP contribution is 2.17. The van der Waals surface area contributed by atoms with Gasteiger partial charge in [0.2, 0.25) is 0 Å². The molecule has 0 aliphatic rings. The Morgan fingerprint density at radius 1 is 1.12 bits per heavy atom. The minimum absolute atomic E-state index is 0. The predicted molar refractivity (Wildman–Crippen MR) is 95.1 cm³/mol. The molecule has 16 heavy (non-hydrogen) atoms. The highest BCUT2D eigenvalue weighted by Gasteiger charge is 1.98. The van der Waals surface area contributed by atoms with E-state index in [1.165, 1.54) is 16.7 Å². The molecule has 0 heterocycles. The smallest absolute Gasteiger partial charge is 0.0346 e. The van der Waals surface area contributed by atoms with Gasteiger partial charge < -0.3 is 11.5 Å². The van der Waals surface area contributed by atoms with Crippen molar-refractivity contribution < 1.29 is 0 Å². The van der Waals surface area contributed by atoms with Gasteiger partial charge in [0.1, 0.15) is 0 Å². The second kappa shape index (κ2) is 11.7. The number of benzene rings is 1. The van der Waals surface area contributed by atoms with Gasteiger partial charge in [0.05, 0.1) is 0 Å². The zero-order valence-corrected chi connectivity index (χ0v) is 14.8. The molecule has 0 saturated carbocycles. The molecule has 0 fully saturated rings. The molecule has 94 valence electrons. The Morgan fingerprint density at radius 3 is 1.88 bits per heavy atom. The third-order valence-electron chi connectivity index (χ3n) is 2.27. The Kier molecular flexibility index (Phi) is 15.6. The van der Waals surface area contributed by atoms with Crippen molar-refractivity contribution in [2.45, 2.75) is 20.8 Å². The lowest BCUT2D eigenvalue weighted by molar-refractivity contribution is 1.26. The van der Waals surface area contributed by atoms with Crippen molar-refractivity contribution in [1.29, 1.82) is 0 Å². The van der Waals surface area contributed by atoms with Crippen molar-refractivity contribution in [3.8, 4) is 0 Å². The molecule has 4 heteroatoms. The fraction of sp³-hybridized carbons (Fsp3) is 0.333. The second-order valence-electron chi connectivity index (χ2n) is 3.25. The lowest BCUT2D eigenvalue weighted by Crippen LogP contribution is -1.93. The van der Waals surface area contributed by atoms with Gasteiger partial charge in [-0.15, -0.1) is 54.5 Å². The highest BCUT2D eigenvalue weighted by molar-refractivity contribution is 14.0. The largest absolute Gasteiger partial charge is 0.399 e. The molecule has 0 radical (unpaired) electrons. The molecule has 0 unspecified atom stereocenters. The molecule has 0 saturated heterocycles. The summed E-state index contributed by atoms with van der Waals surface area (Å²) in [6.45, 7) is 10.2. The van der Waals surface area contributed by atoms with Crippen molar-refractivity contribution in [2.75, 3.05) is 12.3 Å². The third kappa shape index (κ3) is 7.45.